The topological polar surface area (TPSA) is 42.7 Å². The Balaban J connectivity index is 2.29. The molecule has 0 saturated heterocycles. The minimum absolute atomic E-state index is 0.730. The molecule has 0 aliphatic rings. The predicted molar refractivity (Wildman–Crippen MR) is 61.8 cm³/mol. The van der Waals surface area contributed by atoms with Crippen LogP contribution in [0.1, 0.15) is 5.69 Å². The minimum Gasteiger partial charge on any atom is -0.314 e. The molecule has 5 heteroatoms. The molecular formula is C10H11BrN4. The number of halogens is 1. The summed E-state index contributed by atoms with van der Waals surface area (Å²) in [6.45, 7) is 0.730. The normalized spacial score (nSPS) is 10.5. The van der Waals surface area contributed by atoms with E-state index in [4.69, 9.17) is 0 Å². The third-order valence-electron chi connectivity index (χ3n) is 1.94. The monoisotopic (exact) mass is 266 g/mol. The molecule has 0 saturated carbocycles. The first kappa shape index (κ1) is 10.3. The molecule has 2 aromatic rings. The Morgan fingerprint density at radius 3 is 3.07 bits per heavy atom. The van der Waals surface area contributed by atoms with E-state index < -0.39 is 0 Å². The molecule has 0 unspecified atom stereocenters. The Kier molecular flexibility index (Phi) is 3.13. The molecule has 1 aromatic carbocycles. The van der Waals surface area contributed by atoms with Crippen molar-refractivity contribution in [2.24, 2.45) is 0 Å². The van der Waals surface area contributed by atoms with Crippen molar-refractivity contribution >= 4 is 15.9 Å². The molecule has 0 fully saturated rings. The zero-order chi connectivity index (χ0) is 10.7. The van der Waals surface area contributed by atoms with E-state index in [1.165, 1.54) is 0 Å². The lowest BCUT2D eigenvalue weighted by Crippen LogP contribution is -2.06. The zero-order valence-corrected chi connectivity index (χ0v) is 9.90. The van der Waals surface area contributed by atoms with Gasteiger partial charge in [0.2, 0.25) is 0 Å². The maximum absolute atomic E-state index is 4.33. The predicted octanol–water partition coefficient (Wildman–Crippen LogP) is 1.75. The van der Waals surface area contributed by atoms with E-state index in [-0.39, 0.29) is 0 Å². The van der Waals surface area contributed by atoms with Crippen molar-refractivity contribution in [3.8, 4) is 5.69 Å². The van der Waals surface area contributed by atoms with Crippen LogP contribution < -0.4 is 5.32 Å². The van der Waals surface area contributed by atoms with E-state index in [1.54, 1.807) is 11.0 Å². The average Bonchev–Trinajstić information content (AvgIpc) is 2.67. The van der Waals surface area contributed by atoms with Crippen molar-refractivity contribution < 1.29 is 0 Å². The third kappa shape index (κ3) is 2.43. The van der Waals surface area contributed by atoms with Crippen LogP contribution in [0.25, 0.3) is 5.69 Å². The molecule has 1 N–H and O–H groups in total. The summed E-state index contributed by atoms with van der Waals surface area (Å²) < 4.78 is 1.02. The molecule has 0 radical (unpaired) electrons. The number of benzene rings is 1. The molecule has 78 valence electrons. The first-order valence-corrected chi connectivity index (χ1v) is 5.40. The summed E-state index contributed by atoms with van der Waals surface area (Å²) in [6.07, 6.45) is 1.76. The van der Waals surface area contributed by atoms with Crippen LogP contribution in [0.5, 0.6) is 0 Å². The van der Waals surface area contributed by atoms with Crippen LogP contribution in [0.4, 0.5) is 0 Å². The fraction of sp³-hybridized carbons (Fsp3) is 0.200. The van der Waals surface area contributed by atoms with Gasteiger partial charge in [0.15, 0.2) is 0 Å². The van der Waals surface area contributed by atoms with Gasteiger partial charge in [0.05, 0.1) is 17.6 Å². The fourth-order valence-electron chi connectivity index (χ4n) is 1.28. The molecule has 0 aliphatic carbocycles. The van der Waals surface area contributed by atoms with E-state index in [1.807, 2.05) is 31.3 Å². The highest BCUT2D eigenvalue weighted by Crippen LogP contribution is 2.13. The Morgan fingerprint density at radius 2 is 2.33 bits per heavy atom. The molecule has 0 spiro atoms. The van der Waals surface area contributed by atoms with Gasteiger partial charge < -0.3 is 5.32 Å². The van der Waals surface area contributed by atoms with Gasteiger partial charge in [0.25, 0.3) is 0 Å². The molecule has 0 atom stereocenters. The summed E-state index contributed by atoms with van der Waals surface area (Å²) in [6, 6.07) is 7.87. The van der Waals surface area contributed by atoms with Crippen molar-refractivity contribution in [1.29, 1.82) is 0 Å². The Hall–Kier alpha value is -1.20. The van der Waals surface area contributed by atoms with Crippen molar-refractivity contribution in [1.82, 2.24) is 20.3 Å². The van der Waals surface area contributed by atoms with Crippen LogP contribution in [-0.4, -0.2) is 22.0 Å². The van der Waals surface area contributed by atoms with Crippen molar-refractivity contribution in [2.45, 2.75) is 6.54 Å². The largest absolute Gasteiger partial charge is 0.314 e. The Morgan fingerprint density at radius 1 is 1.47 bits per heavy atom. The standard InChI is InChI=1S/C10H11BrN4/c1-12-6-9-7-13-15(14-9)10-4-2-3-8(11)5-10/h2-5,7,12H,6H2,1H3. The Bertz CT molecular complexity index is 452. The van der Waals surface area contributed by atoms with E-state index in [2.05, 4.69) is 31.4 Å². The second-order valence-electron chi connectivity index (χ2n) is 3.14. The molecule has 2 rings (SSSR count). The van der Waals surface area contributed by atoms with Gasteiger partial charge in [-0.25, -0.2) is 0 Å². The lowest BCUT2D eigenvalue weighted by atomic mass is 10.3. The molecule has 1 heterocycles. The number of nitrogens with zero attached hydrogens (tertiary/aromatic N) is 3. The summed E-state index contributed by atoms with van der Waals surface area (Å²) in [5, 5.41) is 11.6. The number of hydrogen-bond acceptors (Lipinski definition) is 3. The number of aromatic nitrogens is 3. The molecule has 0 aliphatic heterocycles. The van der Waals surface area contributed by atoms with Gasteiger partial charge in [-0.05, 0) is 25.2 Å². The molecule has 0 amide bonds. The van der Waals surface area contributed by atoms with Crippen LogP contribution in [-0.2, 0) is 6.54 Å². The maximum atomic E-state index is 4.33. The van der Waals surface area contributed by atoms with Crippen molar-refractivity contribution in [2.75, 3.05) is 7.05 Å². The van der Waals surface area contributed by atoms with Gasteiger partial charge in [-0.15, -0.1) is 0 Å². The first-order chi connectivity index (χ1) is 7.29. The van der Waals surface area contributed by atoms with Crippen LogP contribution in [0.3, 0.4) is 0 Å². The van der Waals surface area contributed by atoms with Crippen molar-refractivity contribution in [3.05, 3.63) is 40.6 Å². The highest BCUT2D eigenvalue weighted by atomic mass is 79.9. The molecule has 15 heavy (non-hydrogen) atoms. The van der Waals surface area contributed by atoms with E-state index >= 15 is 0 Å². The maximum Gasteiger partial charge on any atom is 0.0969 e. The van der Waals surface area contributed by atoms with E-state index in [0.29, 0.717) is 0 Å². The van der Waals surface area contributed by atoms with Crippen LogP contribution in [0.15, 0.2) is 34.9 Å². The first-order valence-electron chi connectivity index (χ1n) is 4.61. The van der Waals surface area contributed by atoms with Gasteiger partial charge in [-0.2, -0.15) is 15.0 Å². The lowest BCUT2D eigenvalue weighted by Gasteiger charge is -1.99. The van der Waals surface area contributed by atoms with Gasteiger partial charge in [0, 0.05) is 11.0 Å². The van der Waals surface area contributed by atoms with Gasteiger partial charge in [-0.1, -0.05) is 22.0 Å². The minimum atomic E-state index is 0.730. The number of rotatable bonds is 3. The highest BCUT2D eigenvalue weighted by Gasteiger charge is 2.01. The summed E-state index contributed by atoms with van der Waals surface area (Å²) in [7, 11) is 1.89. The molecule has 0 bridgehead atoms. The van der Waals surface area contributed by atoms with Gasteiger partial charge in [0.1, 0.15) is 0 Å². The van der Waals surface area contributed by atoms with Crippen LogP contribution in [0.2, 0.25) is 0 Å². The summed E-state index contributed by atoms with van der Waals surface area (Å²) in [5.41, 5.74) is 1.88. The molecular weight excluding hydrogens is 256 g/mol. The SMILES string of the molecule is CNCc1cnn(-c2cccc(Br)c2)n1. The quantitative estimate of drug-likeness (QED) is 0.921. The molecule has 1 aromatic heterocycles. The van der Waals surface area contributed by atoms with E-state index in [0.717, 1.165) is 22.4 Å². The molecule has 4 nitrogen and oxygen atoms in total. The summed E-state index contributed by atoms with van der Waals surface area (Å²) in [5.74, 6) is 0. The average molecular weight is 267 g/mol. The summed E-state index contributed by atoms with van der Waals surface area (Å²) >= 11 is 3.42. The smallest absolute Gasteiger partial charge is 0.0969 e. The fourth-order valence-corrected chi connectivity index (χ4v) is 1.67. The van der Waals surface area contributed by atoms with Crippen molar-refractivity contribution in [3.63, 3.8) is 0 Å². The second kappa shape index (κ2) is 4.55. The second-order valence-corrected chi connectivity index (χ2v) is 4.05. The summed E-state index contributed by atoms with van der Waals surface area (Å²) in [4.78, 5) is 1.62. The zero-order valence-electron chi connectivity index (χ0n) is 8.31. The van der Waals surface area contributed by atoms with Gasteiger partial charge >= 0.3 is 0 Å². The Labute approximate surface area is 96.4 Å². The third-order valence-corrected chi connectivity index (χ3v) is 2.43. The lowest BCUT2D eigenvalue weighted by molar-refractivity contribution is 0.716. The number of nitrogens with one attached hydrogen (secondary N) is 1. The highest BCUT2D eigenvalue weighted by molar-refractivity contribution is 9.10. The van der Waals surface area contributed by atoms with E-state index in [9.17, 15) is 0 Å². The van der Waals surface area contributed by atoms with Gasteiger partial charge in [-0.3, -0.25) is 0 Å². The van der Waals surface area contributed by atoms with Crippen LogP contribution in [0, 0.1) is 0 Å². The number of hydrogen-bond donors (Lipinski definition) is 1. The van der Waals surface area contributed by atoms with Crippen LogP contribution >= 0.6 is 15.9 Å².